The van der Waals surface area contributed by atoms with E-state index in [1.807, 2.05) is 12.1 Å². The zero-order valence-electron chi connectivity index (χ0n) is 15.0. The molecule has 0 saturated carbocycles. The van der Waals surface area contributed by atoms with Gasteiger partial charge in [0, 0.05) is 12.0 Å². The maximum absolute atomic E-state index is 6.27. The largest absolute Gasteiger partial charge is 0.493 e. The Balaban J connectivity index is 1.77. The number of rotatable bonds is 2. The second-order valence-electron chi connectivity index (χ2n) is 6.51. The fourth-order valence-corrected chi connectivity index (χ4v) is 3.39. The average molecular weight is 338 g/mol. The zero-order chi connectivity index (χ0) is 17.6. The molecule has 2 aromatic carbocycles. The van der Waals surface area contributed by atoms with Crippen molar-refractivity contribution >= 4 is 17.1 Å². The number of nitrogens with zero attached hydrogens (tertiary/aromatic N) is 1. The maximum atomic E-state index is 6.27. The lowest BCUT2D eigenvalue weighted by atomic mass is 9.99. The summed E-state index contributed by atoms with van der Waals surface area (Å²) in [6.07, 6.45) is 0.621. The lowest BCUT2D eigenvalue weighted by molar-refractivity contribution is 0.246. The third-order valence-corrected chi connectivity index (χ3v) is 4.94. The number of benzene rings is 2. The summed E-state index contributed by atoms with van der Waals surface area (Å²) in [5, 5.41) is 3.48. The monoisotopic (exact) mass is 338 g/mol. The smallest absolute Gasteiger partial charge is 0.203 e. The van der Waals surface area contributed by atoms with Crippen molar-refractivity contribution in [1.29, 1.82) is 0 Å². The number of hydrogen-bond donors (Lipinski definition) is 1. The summed E-state index contributed by atoms with van der Waals surface area (Å²) in [7, 11) is 3.27. The van der Waals surface area contributed by atoms with Crippen molar-refractivity contribution in [2.75, 3.05) is 26.1 Å². The minimum Gasteiger partial charge on any atom is -0.493 e. The molecule has 4 rings (SSSR count). The summed E-state index contributed by atoms with van der Waals surface area (Å²) < 4.78 is 17.2. The molecule has 1 unspecified atom stereocenters. The Labute approximate surface area is 147 Å². The van der Waals surface area contributed by atoms with Crippen molar-refractivity contribution in [3.8, 4) is 17.2 Å². The SMILES string of the molecule is COc1ccc2c(c1OC)OC1CNc3cc(C)c(C)cc3N=C1C2. The Hall–Kier alpha value is -2.69. The van der Waals surface area contributed by atoms with Crippen molar-refractivity contribution < 1.29 is 14.2 Å². The van der Waals surface area contributed by atoms with Crippen LogP contribution in [0.25, 0.3) is 0 Å². The fourth-order valence-electron chi connectivity index (χ4n) is 3.39. The van der Waals surface area contributed by atoms with E-state index in [4.69, 9.17) is 19.2 Å². The van der Waals surface area contributed by atoms with Gasteiger partial charge < -0.3 is 19.5 Å². The van der Waals surface area contributed by atoms with Gasteiger partial charge in [-0.05, 0) is 43.2 Å². The average Bonchev–Trinajstić information content (AvgIpc) is 2.78. The number of aliphatic imine (C=N–C) groups is 1. The Kier molecular flexibility index (Phi) is 3.79. The van der Waals surface area contributed by atoms with Crippen LogP contribution in [0.2, 0.25) is 0 Å². The summed E-state index contributed by atoms with van der Waals surface area (Å²) in [6.45, 7) is 4.90. The molecule has 0 spiro atoms. The summed E-state index contributed by atoms with van der Waals surface area (Å²) in [5.74, 6) is 2.08. The van der Waals surface area contributed by atoms with Crippen LogP contribution < -0.4 is 19.5 Å². The molecule has 1 atom stereocenters. The second kappa shape index (κ2) is 5.99. The van der Waals surface area contributed by atoms with Crippen LogP contribution in [0.1, 0.15) is 16.7 Å². The summed E-state index contributed by atoms with van der Waals surface area (Å²) in [5.41, 5.74) is 6.64. The van der Waals surface area contributed by atoms with Crippen molar-refractivity contribution in [3.05, 3.63) is 41.0 Å². The van der Waals surface area contributed by atoms with E-state index < -0.39 is 0 Å². The number of hydrogen-bond acceptors (Lipinski definition) is 5. The van der Waals surface area contributed by atoms with Crippen LogP contribution in [-0.2, 0) is 6.42 Å². The molecule has 130 valence electrons. The van der Waals surface area contributed by atoms with Gasteiger partial charge in [0.2, 0.25) is 5.75 Å². The second-order valence-corrected chi connectivity index (χ2v) is 6.51. The third-order valence-electron chi connectivity index (χ3n) is 4.94. The molecule has 2 heterocycles. The van der Waals surface area contributed by atoms with Crippen LogP contribution in [0.4, 0.5) is 11.4 Å². The molecule has 0 bridgehead atoms. The summed E-state index contributed by atoms with van der Waals surface area (Å²) in [4.78, 5) is 4.92. The molecule has 0 aliphatic carbocycles. The fraction of sp³-hybridized carbons (Fsp3) is 0.350. The first kappa shape index (κ1) is 15.8. The maximum Gasteiger partial charge on any atom is 0.203 e. The predicted octanol–water partition coefficient (Wildman–Crippen LogP) is 3.82. The van der Waals surface area contributed by atoms with Crippen molar-refractivity contribution in [2.45, 2.75) is 26.4 Å². The first-order valence-corrected chi connectivity index (χ1v) is 8.43. The minimum absolute atomic E-state index is 0.124. The summed E-state index contributed by atoms with van der Waals surface area (Å²) >= 11 is 0. The third kappa shape index (κ3) is 2.60. The topological polar surface area (TPSA) is 52.1 Å². The highest BCUT2D eigenvalue weighted by Gasteiger charge is 2.31. The molecule has 2 aromatic rings. The van der Waals surface area contributed by atoms with Gasteiger partial charge in [0.1, 0.15) is 0 Å². The molecule has 2 aliphatic heterocycles. The first-order chi connectivity index (χ1) is 12.1. The number of aryl methyl sites for hydroxylation is 2. The van der Waals surface area contributed by atoms with Gasteiger partial charge in [-0.3, -0.25) is 4.99 Å². The number of methoxy groups -OCH3 is 2. The Bertz CT molecular complexity index is 874. The predicted molar refractivity (Wildman–Crippen MR) is 99.2 cm³/mol. The summed E-state index contributed by atoms with van der Waals surface area (Å²) in [6, 6.07) is 8.23. The van der Waals surface area contributed by atoms with Crippen molar-refractivity contribution in [2.24, 2.45) is 4.99 Å². The van der Waals surface area contributed by atoms with E-state index in [9.17, 15) is 0 Å². The molecular weight excluding hydrogens is 316 g/mol. The number of ether oxygens (including phenoxy) is 3. The molecule has 0 saturated heterocycles. The van der Waals surface area contributed by atoms with Crippen LogP contribution in [0.5, 0.6) is 17.2 Å². The van der Waals surface area contributed by atoms with Gasteiger partial charge in [0.25, 0.3) is 0 Å². The van der Waals surface area contributed by atoms with Crippen LogP contribution in [0.15, 0.2) is 29.3 Å². The highest BCUT2D eigenvalue weighted by molar-refractivity contribution is 5.97. The molecule has 1 N–H and O–H groups in total. The molecule has 0 fully saturated rings. The zero-order valence-corrected chi connectivity index (χ0v) is 15.0. The Morgan fingerprint density at radius 2 is 1.92 bits per heavy atom. The number of anilines is 1. The molecule has 25 heavy (non-hydrogen) atoms. The van der Waals surface area contributed by atoms with Gasteiger partial charge in [0.15, 0.2) is 17.6 Å². The van der Waals surface area contributed by atoms with Crippen LogP contribution in [0, 0.1) is 13.8 Å². The van der Waals surface area contributed by atoms with Crippen LogP contribution in [-0.4, -0.2) is 32.6 Å². The van der Waals surface area contributed by atoms with Crippen LogP contribution in [0.3, 0.4) is 0 Å². The molecule has 5 nitrogen and oxygen atoms in total. The van der Waals surface area contributed by atoms with Crippen LogP contribution >= 0.6 is 0 Å². The van der Waals surface area contributed by atoms with Gasteiger partial charge in [-0.1, -0.05) is 6.07 Å². The van der Waals surface area contributed by atoms with Crippen molar-refractivity contribution in [3.63, 3.8) is 0 Å². The van der Waals surface area contributed by atoms with Gasteiger partial charge in [0.05, 0.1) is 37.9 Å². The van der Waals surface area contributed by atoms with Gasteiger partial charge in [-0.2, -0.15) is 0 Å². The van der Waals surface area contributed by atoms with E-state index in [0.717, 1.165) is 34.8 Å². The van der Waals surface area contributed by atoms with E-state index in [1.54, 1.807) is 14.2 Å². The van der Waals surface area contributed by atoms with Crippen molar-refractivity contribution in [1.82, 2.24) is 0 Å². The lowest BCUT2D eigenvalue weighted by Crippen LogP contribution is -2.38. The molecular formula is C20H22N2O3. The highest BCUT2D eigenvalue weighted by atomic mass is 16.5. The highest BCUT2D eigenvalue weighted by Crippen LogP contribution is 2.44. The number of fused-ring (bicyclic) bond motifs is 3. The van der Waals surface area contributed by atoms with E-state index in [1.165, 1.54) is 11.1 Å². The van der Waals surface area contributed by atoms with E-state index in [2.05, 4.69) is 31.3 Å². The minimum atomic E-state index is -0.124. The first-order valence-electron chi connectivity index (χ1n) is 8.43. The molecule has 5 heteroatoms. The molecule has 0 amide bonds. The molecule has 2 aliphatic rings. The lowest BCUT2D eigenvalue weighted by Gasteiger charge is -2.28. The van der Waals surface area contributed by atoms with Gasteiger partial charge >= 0.3 is 0 Å². The normalized spacial score (nSPS) is 17.8. The Morgan fingerprint density at radius 1 is 1.12 bits per heavy atom. The Morgan fingerprint density at radius 3 is 2.68 bits per heavy atom. The quantitative estimate of drug-likeness (QED) is 0.904. The van der Waals surface area contributed by atoms with E-state index in [0.29, 0.717) is 18.0 Å². The van der Waals surface area contributed by atoms with E-state index in [-0.39, 0.29) is 6.10 Å². The standard InChI is InChI=1S/C20H22N2O3/c1-11-7-14-15(8-12(11)2)22-16-9-13-5-6-17(23-3)20(24-4)19(13)25-18(16)10-21-14/h5-8,18,21H,9-10H2,1-4H3. The van der Waals surface area contributed by atoms with Gasteiger partial charge in [-0.15, -0.1) is 0 Å². The molecule has 0 aromatic heterocycles. The molecule has 0 radical (unpaired) electrons. The number of nitrogens with one attached hydrogen (secondary N) is 1. The van der Waals surface area contributed by atoms with E-state index >= 15 is 0 Å². The van der Waals surface area contributed by atoms with Gasteiger partial charge in [-0.25, -0.2) is 0 Å².